The lowest BCUT2D eigenvalue weighted by Gasteiger charge is -2.75. The zero-order valence-corrected chi connectivity index (χ0v) is 20.2. The van der Waals surface area contributed by atoms with Gasteiger partial charge in [-0.05, 0) is 116 Å². The minimum absolute atomic E-state index is 0.0721. The second kappa shape index (κ2) is 7.34. The second-order valence-corrected chi connectivity index (χ2v) is 12.0. The smallest absolute Gasteiger partial charge is 0.304 e. The SMILES string of the molecule is O=C(O)CC1CCCC1=Nc1ccc(Nc2ccc(C34CC5CC6CC(C3)C54C6)cc2Cl)cc1. The van der Waals surface area contributed by atoms with Crippen molar-refractivity contribution < 1.29 is 9.90 Å². The van der Waals surface area contributed by atoms with E-state index in [0.717, 1.165) is 64.8 Å². The average Bonchev–Trinajstić information content (AvgIpc) is 3.47. The third-order valence-electron chi connectivity index (χ3n) is 10.2. The predicted octanol–water partition coefficient (Wildman–Crippen LogP) is 7.51. The first-order valence-electron chi connectivity index (χ1n) is 12.9. The number of rotatable bonds is 6. The number of fused-ring (bicyclic) bond motifs is 1. The van der Waals surface area contributed by atoms with Gasteiger partial charge in [-0.25, -0.2) is 0 Å². The van der Waals surface area contributed by atoms with Crippen LogP contribution in [-0.2, 0) is 10.2 Å². The van der Waals surface area contributed by atoms with E-state index in [1.807, 2.05) is 24.3 Å². The Kier molecular flexibility index (Phi) is 4.53. The number of carbonyl (C=O) groups is 1. The molecule has 3 atom stereocenters. The molecule has 7 rings (SSSR count). The summed E-state index contributed by atoms with van der Waals surface area (Å²) in [5.74, 6) is 2.29. The van der Waals surface area contributed by atoms with Crippen molar-refractivity contribution in [2.75, 3.05) is 5.32 Å². The molecular formula is C29H31ClN2O2. The number of nitrogens with one attached hydrogen (secondary N) is 1. The molecule has 2 aromatic carbocycles. The molecule has 2 N–H and O–H groups in total. The molecule has 0 saturated heterocycles. The maximum Gasteiger partial charge on any atom is 0.304 e. The van der Waals surface area contributed by atoms with Gasteiger partial charge in [0.25, 0.3) is 0 Å². The van der Waals surface area contributed by atoms with Crippen LogP contribution in [0.4, 0.5) is 17.1 Å². The molecule has 0 heterocycles. The molecule has 5 heteroatoms. The van der Waals surface area contributed by atoms with Crippen molar-refractivity contribution in [3.63, 3.8) is 0 Å². The number of benzene rings is 2. The highest BCUT2D eigenvalue weighted by Crippen LogP contribution is 2.86. The molecule has 0 aromatic heterocycles. The molecular weight excluding hydrogens is 444 g/mol. The van der Waals surface area contributed by atoms with Gasteiger partial charge in [0.05, 0.1) is 22.8 Å². The molecule has 5 saturated carbocycles. The van der Waals surface area contributed by atoms with Gasteiger partial charge in [0.2, 0.25) is 0 Å². The molecule has 0 radical (unpaired) electrons. The number of carboxylic acid groups (broad SMARTS) is 1. The van der Waals surface area contributed by atoms with Crippen LogP contribution in [0.5, 0.6) is 0 Å². The zero-order valence-electron chi connectivity index (χ0n) is 19.4. The van der Waals surface area contributed by atoms with Gasteiger partial charge in [-0.1, -0.05) is 17.7 Å². The Morgan fingerprint density at radius 1 is 1.09 bits per heavy atom. The van der Waals surface area contributed by atoms with Crippen LogP contribution in [0, 0.1) is 29.1 Å². The zero-order chi connectivity index (χ0) is 23.1. The number of aliphatic carboxylic acids is 1. The van der Waals surface area contributed by atoms with E-state index < -0.39 is 5.97 Å². The van der Waals surface area contributed by atoms with Gasteiger partial charge >= 0.3 is 5.97 Å². The molecule has 5 aliphatic carbocycles. The minimum Gasteiger partial charge on any atom is -0.481 e. The van der Waals surface area contributed by atoms with Gasteiger partial charge in [0.15, 0.2) is 0 Å². The average molecular weight is 475 g/mol. The first-order valence-corrected chi connectivity index (χ1v) is 13.3. The van der Waals surface area contributed by atoms with E-state index in [9.17, 15) is 4.79 Å². The Labute approximate surface area is 205 Å². The van der Waals surface area contributed by atoms with Crippen molar-refractivity contribution in [3.8, 4) is 0 Å². The molecule has 0 aliphatic heterocycles. The van der Waals surface area contributed by atoms with E-state index in [4.69, 9.17) is 21.7 Å². The second-order valence-electron chi connectivity index (χ2n) is 11.6. The normalized spacial score (nSPS) is 37.9. The van der Waals surface area contributed by atoms with Crippen LogP contribution in [0.2, 0.25) is 5.02 Å². The van der Waals surface area contributed by atoms with Crippen LogP contribution >= 0.6 is 11.6 Å². The van der Waals surface area contributed by atoms with Gasteiger partial charge < -0.3 is 10.4 Å². The summed E-state index contributed by atoms with van der Waals surface area (Å²) in [5, 5.41) is 13.4. The van der Waals surface area contributed by atoms with Crippen LogP contribution < -0.4 is 5.32 Å². The summed E-state index contributed by atoms with van der Waals surface area (Å²) in [6.45, 7) is 0. The number of nitrogens with zero attached hydrogens (tertiary/aromatic N) is 1. The number of anilines is 2. The molecule has 2 bridgehead atoms. The van der Waals surface area contributed by atoms with E-state index in [-0.39, 0.29) is 12.3 Å². The fourth-order valence-corrected chi connectivity index (χ4v) is 9.25. The summed E-state index contributed by atoms with van der Waals surface area (Å²) in [4.78, 5) is 15.9. The fraction of sp³-hybridized carbons (Fsp3) is 0.517. The Hall–Kier alpha value is -2.33. The summed E-state index contributed by atoms with van der Waals surface area (Å²) in [6.07, 6.45) is 10.2. The summed E-state index contributed by atoms with van der Waals surface area (Å²) >= 11 is 6.80. The predicted molar refractivity (Wildman–Crippen MR) is 136 cm³/mol. The van der Waals surface area contributed by atoms with Crippen molar-refractivity contribution in [3.05, 3.63) is 53.1 Å². The summed E-state index contributed by atoms with van der Waals surface area (Å²) in [5.41, 5.74) is 6.32. The molecule has 5 aliphatic rings. The standard InChI is InChI=1S/C29H31ClN2O2/c30-24-13-19(28-15-20-10-17-11-21(16-28)29(20,28)14-17)4-9-26(24)32-23-7-5-22(6-8-23)31-25-3-1-2-18(25)12-27(33)34/h4-9,13,17-18,20-21,32H,1-3,10-12,14-16H2,(H,33,34). The highest BCUT2D eigenvalue weighted by atomic mass is 35.5. The first-order chi connectivity index (χ1) is 16.5. The topological polar surface area (TPSA) is 61.7 Å². The Balaban J connectivity index is 1.06. The van der Waals surface area contributed by atoms with Crippen molar-refractivity contribution in [2.45, 2.75) is 63.2 Å². The molecule has 0 amide bonds. The quantitative estimate of drug-likeness (QED) is 0.455. The molecule has 4 nitrogen and oxygen atoms in total. The maximum absolute atomic E-state index is 11.1. The van der Waals surface area contributed by atoms with Crippen molar-refractivity contribution in [2.24, 2.45) is 34.1 Å². The van der Waals surface area contributed by atoms with Crippen LogP contribution in [0.15, 0.2) is 47.5 Å². The van der Waals surface area contributed by atoms with Crippen LogP contribution in [-0.4, -0.2) is 16.8 Å². The largest absolute Gasteiger partial charge is 0.481 e. The van der Waals surface area contributed by atoms with Crippen LogP contribution in [0.3, 0.4) is 0 Å². The third kappa shape index (κ3) is 2.84. The van der Waals surface area contributed by atoms with E-state index in [0.29, 0.717) is 10.8 Å². The van der Waals surface area contributed by atoms with E-state index in [2.05, 4.69) is 23.5 Å². The maximum atomic E-state index is 11.1. The number of carboxylic acids is 1. The van der Waals surface area contributed by atoms with Gasteiger partial charge in [-0.15, -0.1) is 0 Å². The van der Waals surface area contributed by atoms with Crippen molar-refractivity contribution in [1.82, 2.24) is 0 Å². The van der Waals surface area contributed by atoms with Crippen molar-refractivity contribution in [1.29, 1.82) is 0 Å². The number of halogens is 1. The highest BCUT2D eigenvalue weighted by molar-refractivity contribution is 6.33. The van der Waals surface area contributed by atoms with Crippen molar-refractivity contribution >= 4 is 40.3 Å². The Bertz CT molecular complexity index is 1190. The van der Waals surface area contributed by atoms with E-state index >= 15 is 0 Å². The van der Waals surface area contributed by atoms with Crippen LogP contribution in [0.25, 0.3) is 0 Å². The van der Waals surface area contributed by atoms with Gasteiger partial charge in [-0.3, -0.25) is 9.79 Å². The van der Waals surface area contributed by atoms with Gasteiger partial charge in [-0.2, -0.15) is 0 Å². The first kappa shape index (κ1) is 21.0. The minimum atomic E-state index is -0.744. The molecule has 2 aromatic rings. The number of hydrogen-bond donors (Lipinski definition) is 2. The number of aliphatic imine (C=N–C) groups is 1. The molecule has 3 unspecified atom stereocenters. The molecule has 5 fully saturated rings. The van der Waals surface area contributed by atoms with E-state index in [1.54, 1.807) is 0 Å². The van der Waals surface area contributed by atoms with Gasteiger partial charge in [0, 0.05) is 22.7 Å². The fourth-order valence-electron chi connectivity index (χ4n) is 9.02. The Morgan fingerprint density at radius 2 is 1.85 bits per heavy atom. The summed E-state index contributed by atoms with van der Waals surface area (Å²) in [6, 6.07) is 14.7. The molecule has 176 valence electrons. The lowest BCUT2D eigenvalue weighted by molar-refractivity contribution is -0.205. The lowest BCUT2D eigenvalue weighted by Crippen LogP contribution is -2.70. The summed E-state index contributed by atoms with van der Waals surface area (Å²) in [7, 11) is 0. The lowest BCUT2D eigenvalue weighted by atomic mass is 9.29. The Morgan fingerprint density at radius 3 is 2.53 bits per heavy atom. The summed E-state index contributed by atoms with van der Waals surface area (Å²) < 4.78 is 0. The highest BCUT2D eigenvalue weighted by Gasteiger charge is 2.81. The van der Waals surface area contributed by atoms with Crippen LogP contribution in [0.1, 0.15) is 63.4 Å². The number of hydrogen-bond acceptors (Lipinski definition) is 3. The molecule has 34 heavy (non-hydrogen) atoms. The third-order valence-corrected chi connectivity index (χ3v) is 10.5. The molecule has 1 spiro atoms. The monoisotopic (exact) mass is 474 g/mol. The van der Waals surface area contributed by atoms with Gasteiger partial charge in [0.1, 0.15) is 0 Å². The van der Waals surface area contributed by atoms with E-state index in [1.165, 1.54) is 37.7 Å².